The zero-order valence-electron chi connectivity index (χ0n) is 11.8. The molecule has 0 aromatic carbocycles. The number of guanidine groups is 1. The Hall–Kier alpha value is -0.850. The van der Waals surface area contributed by atoms with E-state index < -0.39 is 0 Å². The molecule has 6 nitrogen and oxygen atoms in total. The van der Waals surface area contributed by atoms with Gasteiger partial charge in [0, 0.05) is 19.7 Å². The molecule has 1 heterocycles. The van der Waals surface area contributed by atoms with Crippen LogP contribution in [0.3, 0.4) is 0 Å². The maximum atomic E-state index is 5.48. The predicted molar refractivity (Wildman–Crippen MR) is 74.4 cm³/mol. The summed E-state index contributed by atoms with van der Waals surface area (Å²) in [6.07, 6.45) is 2.61. The zero-order chi connectivity index (χ0) is 13.4. The van der Waals surface area contributed by atoms with Crippen LogP contribution in [-0.4, -0.2) is 56.3 Å². The highest BCUT2D eigenvalue weighted by Gasteiger charge is 2.14. The molecule has 0 amide bonds. The third-order valence-electron chi connectivity index (χ3n) is 3.01. The summed E-state index contributed by atoms with van der Waals surface area (Å²) < 4.78 is 5.07. The highest BCUT2D eigenvalue weighted by Crippen LogP contribution is 2.08. The summed E-state index contributed by atoms with van der Waals surface area (Å²) in [5.41, 5.74) is 2.61. The average Bonchev–Trinajstić information content (AvgIpc) is 2.81. The standard InChI is InChI=1S/C12H27N5O/c1-10(8-17-6-4-5-7-17)14-12(16-13)15-11(2)9-18-3/h10-11H,4-9,13H2,1-3H3,(H2,14,15,16). The molecular weight excluding hydrogens is 230 g/mol. The molecule has 2 unspecified atom stereocenters. The normalized spacial score (nSPS) is 20.8. The molecule has 1 saturated heterocycles. The number of rotatable bonds is 6. The molecule has 1 fully saturated rings. The van der Waals surface area contributed by atoms with Gasteiger partial charge in [-0.05, 0) is 39.8 Å². The summed E-state index contributed by atoms with van der Waals surface area (Å²) in [7, 11) is 1.68. The fourth-order valence-electron chi connectivity index (χ4n) is 2.24. The summed E-state index contributed by atoms with van der Waals surface area (Å²) >= 11 is 0. The van der Waals surface area contributed by atoms with E-state index >= 15 is 0 Å². The van der Waals surface area contributed by atoms with Crippen molar-refractivity contribution in [3.63, 3.8) is 0 Å². The van der Waals surface area contributed by atoms with Crippen molar-refractivity contribution in [2.24, 2.45) is 10.8 Å². The van der Waals surface area contributed by atoms with Crippen molar-refractivity contribution in [1.29, 1.82) is 0 Å². The van der Waals surface area contributed by atoms with Crippen molar-refractivity contribution in [2.45, 2.75) is 38.8 Å². The third kappa shape index (κ3) is 5.66. The Bertz CT molecular complexity index is 253. The summed E-state index contributed by atoms with van der Waals surface area (Å²) in [6, 6.07) is 0.417. The van der Waals surface area contributed by atoms with Crippen molar-refractivity contribution in [3.05, 3.63) is 0 Å². The monoisotopic (exact) mass is 257 g/mol. The molecule has 0 saturated carbocycles. The number of nitrogens with two attached hydrogens (primary N) is 1. The number of nitrogens with zero attached hydrogens (tertiary/aromatic N) is 2. The molecule has 0 aliphatic carbocycles. The fraction of sp³-hybridized carbons (Fsp3) is 0.917. The minimum Gasteiger partial charge on any atom is -0.383 e. The van der Waals surface area contributed by atoms with Gasteiger partial charge in [-0.25, -0.2) is 10.8 Å². The molecule has 106 valence electrons. The van der Waals surface area contributed by atoms with Gasteiger partial charge in [-0.15, -0.1) is 0 Å². The van der Waals surface area contributed by atoms with Crippen LogP contribution in [0.15, 0.2) is 4.99 Å². The van der Waals surface area contributed by atoms with Gasteiger partial charge in [0.25, 0.3) is 0 Å². The van der Waals surface area contributed by atoms with Gasteiger partial charge in [0.1, 0.15) is 0 Å². The maximum Gasteiger partial charge on any atom is 0.206 e. The van der Waals surface area contributed by atoms with Gasteiger partial charge in [-0.2, -0.15) is 0 Å². The number of methoxy groups -OCH3 is 1. The Morgan fingerprint density at radius 3 is 2.61 bits per heavy atom. The number of hydrazine groups is 1. The van der Waals surface area contributed by atoms with Crippen LogP contribution >= 0.6 is 0 Å². The van der Waals surface area contributed by atoms with Gasteiger partial charge >= 0.3 is 0 Å². The minimum atomic E-state index is 0.184. The van der Waals surface area contributed by atoms with E-state index in [-0.39, 0.29) is 12.1 Å². The molecule has 0 aromatic heterocycles. The van der Waals surface area contributed by atoms with E-state index in [4.69, 9.17) is 10.6 Å². The first-order valence-electron chi connectivity index (χ1n) is 6.68. The zero-order valence-corrected chi connectivity index (χ0v) is 11.8. The number of likely N-dealkylation sites (tertiary alicyclic amines) is 1. The summed E-state index contributed by atoms with van der Waals surface area (Å²) in [5.74, 6) is 6.11. The van der Waals surface area contributed by atoms with Gasteiger partial charge in [-0.3, -0.25) is 5.43 Å². The molecule has 4 N–H and O–H groups in total. The quantitative estimate of drug-likeness (QED) is 0.268. The summed E-state index contributed by atoms with van der Waals surface area (Å²) in [4.78, 5) is 7.00. The maximum absolute atomic E-state index is 5.48. The van der Waals surface area contributed by atoms with Gasteiger partial charge in [0.2, 0.25) is 5.96 Å². The topological polar surface area (TPSA) is 74.9 Å². The lowest BCUT2D eigenvalue weighted by atomic mass is 10.3. The molecule has 0 bridgehead atoms. The molecule has 0 radical (unpaired) electrons. The van der Waals surface area contributed by atoms with Crippen molar-refractivity contribution < 1.29 is 4.74 Å². The lowest BCUT2D eigenvalue weighted by Crippen LogP contribution is -2.47. The van der Waals surface area contributed by atoms with Crippen molar-refractivity contribution in [2.75, 3.05) is 33.4 Å². The average molecular weight is 257 g/mol. The fourth-order valence-corrected chi connectivity index (χ4v) is 2.24. The highest BCUT2D eigenvalue weighted by atomic mass is 16.5. The number of aliphatic imine (C=N–C) groups is 1. The van der Waals surface area contributed by atoms with Crippen LogP contribution in [-0.2, 0) is 4.74 Å². The largest absolute Gasteiger partial charge is 0.383 e. The molecule has 1 rings (SSSR count). The molecule has 0 aromatic rings. The van der Waals surface area contributed by atoms with Crippen LogP contribution in [0.25, 0.3) is 0 Å². The smallest absolute Gasteiger partial charge is 0.206 e. The van der Waals surface area contributed by atoms with Crippen LogP contribution in [0.1, 0.15) is 26.7 Å². The van der Waals surface area contributed by atoms with Crippen LogP contribution < -0.4 is 16.6 Å². The SMILES string of the molecule is COCC(C)NC(=NC(C)CN1CCCC1)NN. The number of nitrogens with one attached hydrogen (secondary N) is 2. The van der Waals surface area contributed by atoms with E-state index in [9.17, 15) is 0 Å². The molecule has 0 spiro atoms. The Morgan fingerprint density at radius 2 is 2.06 bits per heavy atom. The number of hydrogen-bond donors (Lipinski definition) is 3. The van der Waals surface area contributed by atoms with Crippen molar-refractivity contribution in [1.82, 2.24) is 15.6 Å². The second-order valence-electron chi connectivity index (χ2n) is 4.98. The molecular formula is C12H27N5O. The van der Waals surface area contributed by atoms with E-state index in [1.54, 1.807) is 7.11 Å². The van der Waals surface area contributed by atoms with E-state index in [0.29, 0.717) is 12.6 Å². The van der Waals surface area contributed by atoms with Crippen LogP contribution in [0.2, 0.25) is 0 Å². The molecule has 18 heavy (non-hydrogen) atoms. The van der Waals surface area contributed by atoms with Gasteiger partial charge in [0.05, 0.1) is 12.6 Å². The van der Waals surface area contributed by atoms with E-state index in [0.717, 1.165) is 6.54 Å². The Balaban J connectivity index is 2.38. The van der Waals surface area contributed by atoms with Gasteiger partial charge in [0.15, 0.2) is 0 Å². The molecule has 1 aliphatic heterocycles. The highest BCUT2D eigenvalue weighted by molar-refractivity contribution is 5.79. The first-order valence-corrected chi connectivity index (χ1v) is 6.68. The van der Waals surface area contributed by atoms with Gasteiger partial charge in [-0.1, -0.05) is 0 Å². The second-order valence-corrected chi connectivity index (χ2v) is 4.98. The van der Waals surface area contributed by atoms with Crippen LogP contribution in [0.5, 0.6) is 0 Å². The Morgan fingerprint density at radius 1 is 1.39 bits per heavy atom. The van der Waals surface area contributed by atoms with E-state index in [1.807, 2.05) is 6.92 Å². The van der Waals surface area contributed by atoms with Crippen molar-refractivity contribution in [3.8, 4) is 0 Å². The second kappa shape index (κ2) is 8.29. The lowest BCUT2D eigenvalue weighted by molar-refractivity contribution is 0.179. The molecule has 2 atom stereocenters. The van der Waals surface area contributed by atoms with Crippen LogP contribution in [0.4, 0.5) is 0 Å². The molecule has 6 heteroatoms. The summed E-state index contributed by atoms with van der Waals surface area (Å²) in [5, 5.41) is 3.19. The third-order valence-corrected chi connectivity index (χ3v) is 3.01. The Kier molecular flexibility index (Phi) is 7.00. The van der Waals surface area contributed by atoms with E-state index in [2.05, 4.69) is 27.6 Å². The van der Waals surface area contributed by atoms with Gasteiger partial charge < -0.3 is 15.0 Å². The van der Waals surface area contributed by atoms with E-state index in [1.165, 1.54) is 25.9 Å². The lowest BCUT2D eigenvalue weighted by Gasteiger charge is -2.20. The minimum absolute atomic E-state index is 0.184. The predicted octanol–water partition coefficient (Wildman–Crippen LogP) is -0.0855. The first-order chi connectivity index (χ1) is 8.65. The first kappa shape index (κ1) is 15.2. The van der Waals surface area contributed by atoms with Crippen LogP contribution in [0, 0.1) is 0 Å². The number of hydrogen-bond acceptors (Lipinski definition) is 4. The number of ether oxygens (including phenoxy) is 1. The summed E-state index contributed by atoms with van der Waals surface area (Å²) in [6.45, 7) is 8.14. The van der Waals surface area contributed by atoms with Crippen molar-refractivity contribution >= 4 is 5.96 Å². The molecule has 1 aliphatic rings. The Labute approximate surface area is 110 Å².